The van der Waals surface area contributed by atoms with Gasteiger partial charge in [0, 0.05) is 80.3 Å². The van der Waals surface area contributed by atoms with Gasteiger partial charge in [-0.25, -0.2) is 14.4 Å². The van der Waals surface area contributed by atoms with Gasteiger partial charge in [0.25, 0.3) is 17.8 Å². The van der Waals surface area contributed by atoms with E-state index in [1.54, 1.807) is 30.5 Å². The number of piperidine rings is 1. The number of hydrogen-bond donors (Lipinski definition) is 5. The average molecular weight is 739 g/mol. The van der Waals surface area contributed by atoms with E-state index in [9.17, 15) is 24.3 Å². The summed E-state index contributed by atoms with van der Waals surface area (Å²) in [6, 6.07) is 7.38. The van der Waals surface area contributed by atoms with Crippen LogP contribution in [-0.2, 0) is 22.7 Å². The number of aliphatic hydroxyl groups is 1. The molecule has 5 aromatic rings. The van der Waals surface area contributed by atoms with E-state index in [0.717, 1.165) is 5.69 Å². The van der Waals surface area contributed by atoms with Crippen molar-refractivity contribution in [2.75, 3.05) is 41.7 Å². The molecule has 7 heterocycles. The lowest BCUT2D eigenvalue weighted by atomic mass is 10.0. The molecule has 2 saturated heterocycles. The van der Waals surface area contributed by atoms with Gasteiger partial charge in [-0.3, -0.25) is 29.5 Å². The third kappa shape index (κ3) is 6.95. The lowest BCUT2D eigenvalue weighted by Crippen LogP contribution is -2.52. The number of pyridine rings is 2. The van der Waals surface area contributed by atoms with E-state index in [-0.39, 0.29) is 60.6 Å². The summed E-state index contributed by atoms with van der Waals surface area (Å²) in [6.45, 7) is 3.75. The Morgan fingerprint density at radius 1 is 1.11 bits per heavy atom. The number of halogens is 1. The number of imide groups is 1. The molecule has 0 aliphatic carbocycles. The van der Waals surface area contributed by atoms with Gasteiger partial charge in [0.2, 0.25) is 23.4 Å². The highest BCUT2D eigenvalue weighted by Gasteiger charge is 2.39. The predicted molar refractivity (Wildman–Crippen MR) is 190 cm³/mol. The van der Waals surface area contributed by atoms with E-state index < -0.39 is 35.7 Å². The van der Waals surface area contributed by atoms with Gasteiger partial charge in [0.15, 0.2) is 17.1 Å². The average Bonchev–Trinajstić information content (AvgIpc) is 3.95. The number of rotatable bonds is 11. The van der Waals surface area contributed by atoms with Crippen LogP contribution in [0.3, 0.4) is 0 Å². The number of carbonyl (C=O) groups is 4. The molecule has 4 amide bonds. The summed E-state index contributed by atoms with van der Waals surface area (Å²) in [5, 5.41) is 21.6. The van der Waals surface area contributed by atoms with Crippen molar-refractivity contribution in [3.05, 3.63) is 76.7 Å². The van der Waals surface area contributed by atoms with Crippen molar-refractivity contribution < 1.29 is 37.5 Å². The van der Waals surface area contributed by atoms with Crippen molar-refractivity contribution in [3.63, 3.8) is 0 Å². The zero-order valence-corrected chi connectivity index (χ0v) is 29.0. The number of nitrogens with one attached hydrogen (secondary N) is 4. The molecule has 0 bridgehead atoms. The van der Waals surface area contributed by atoms with Crippen LogP contribution >= 0.6 is 0 Å². The van der Waals surface area contributed by atoms with Crippen molar-refractivity contribution in [2.24, 2.45) is 0 Å². The molecule has 3 aliphatic heterocycles. The van der Waals surface area contributed by atoms with Crippen LogP contribution in [0.4, 0.5) is 21.9 Å². The maximum atomic E-state index is 15.0. The van der Waals surface area contributed by atoms with Gasteiger partial charge >= 0.3 is 0 Å². The predicted octanol–water partition coefficient (Wildman–Crippen LogP) is 2.51. The molecule has 3 aliphatic rings. The van der Waals surface area contributed by atoms with Crippen LogP contribution in [0.1, 0.15) is 56.9 Å². The van der Waals surface area contributed by atoms with E-state index in [1.807, 2.05) is 11.8 Å². The van der Waals surface area contributed by atoms with E-state index >= 15 is 4.39 Å². The molecule has 5 N–H and O–H groups in total. The van der Waals surface area contributed by atoms with E-state index in [1.165, 1.54) is 17.2 Å². The topological polar surface area (TPSA) is 221 Å². The third-order valence-corrected chi connectivity index (χ3v) is 9.54. The number of anilines is 3. The Balaban J connectivity index is 0.906. The molecule has 8 rings (SSSR count). The Bertz CT molecular complexity index is 2310. The Morgan fingerprint density at radius 3 is 2.78 bits per heavy atom. The van der Waals surface area contributed by atoms with Gasteiger partial charge in [-0.1, -0.05) is 0 Å². The highest BCUT2D eigenvalue weighted by atomic mass is 19.1. The smallest absolute Gasteiger partial charge is 0.297 e. The maximum Gasteiger partial charge on any atom is 0.297 e. The highest BCUT2D eigenvalue weighted by molar-refractivity contribution is 6.06. The SMILES string of the molecule is Cc1cc(-c2nc(C(=O)Nc3cc4oc(NCCNCc5cc6c(cc5F)C(=O)N(C5CCC(=O)NC5=O)C6)nc4nc3N3CC[C@@H](O)C3)co2)ccn1. The first-order valence-electron chi connectivity index (χ1n) is 17.4. The molecule has 2 atom stereocenters. The molecule has 4 aromatic heterocycles. The summed E-state index contributed by atoms with van der Waals surface area (Å²) < 4.78 is 26.5. The molecular weight excluding hydrogens is 703 g/mol. The molecule has 278 valence electrons. The third-order valence-electron chi connectivity index (χ3n) is 9.54. The van der Waals surface area contributed by atoms with Gasteiger partial charge in [-0.2, -0.15) is 4.98 Å². The van der Waals surface area contributed by atoms with E-state index in [4.69, 9.17) is 8.83 Å². The van der Waals surface area contributed by atoms with Crippen molar-refractivity contribution in [3.8, 4) is 11.5 Å². The normalized spacial score (nSPS) is 18.4. The number of amides is 4. The molecule has 0 spiro atoms. The second-order valence-electron chi connectivity index (χ2n) is 13.4. The fourth-order valence-corrected chi connectivity index (χ4v) is 6.83. The molecule has 2 fully saturated rings. The second kappa shape index (κ2) is 14.3. The van der Waals surface area contributed by atoms with Crippen molar-refractivity contribution in [1.29, 1.82) is 0 Å². The van der Waals surface area contributed by atoms with Gasteiger partial charge in [-0.15, -0.1) is 0 Å². The summed E-state index contributed by atoms with van der Waals surface area (Å²) in [4.78, 5) is 71.1. The molecule has 18 heteroatoms. The maximum absolute atomic E-state index is 15.0. The van der Waals surface area contributed by atoms with Crippen molar-refractivity contribution in [2.45, 2.75) is 51.4 Å². The number of β-amino-alcohol motifs (C(OH)–C–C–N with tert-alkyl or cyclic N) is 1. The molecule has 0 saturated carbocycles. The Morgan fingerprint density at radius 2 is 1.98 bits per heavy atom. The first kappa shape index (κ1) is 34.8. The Hall–Kier alpha value is -6.27. The number of aryl methyl sites for hydroxylation is 1. The van der Waals surface area contributed by atoms with Gasteiger partial charge in [0.05, 0.1) is 11.8 Å². The number of fused-ring (bicyclic) bond motifs is 2. The summed E-state index contributed by atoms with van der Waals surface area (Å²) in [7, 11) is 0. The van der Waals surface area contributed by atoms with Crippen LogP contribution in [0.15, 0.2) is 51.6 Å². The molecular formula is C36H35FN10O7. The van der Waals surface area contributed by atoms with Crippen LogP contribution in [-0.4, -0.2) is 91.9 Å². The summed E-state index contributed by atoms with van der Waals surface area (Å²) >= 11 is 0. The standard InChI is InChI=1S/C36H35FN10O7/c1-18-10-19(4-6-39-18)34-42-26(17-53-34)32(50)41-25-13-28-30(44-31(25)46-9-5-22(48)16-46)45-36(54-28)40-8-7-38-14-20-11-21-15-47(35(52)23(21)12-24(20)37)27-2-3-29(49)43-33(27)51/h4,6,10-13,17,22,27,38,48H,2-3,5,7-9,14-16H2,1H3,(H,41,50)(H,40,44,45)(H,43,49,51)/t22-,27?/m1/s1. The highest BCUT2D eigenvalue weighted by Crippen LogP contribution is 2.33. The molecule has 1 unspecified atom stereocenters. The fourth-order valence-electron chi connectivity index (χ4n) is 6.83. The Kier molecular flexibility index (Phi) is 9.20. The number of oxazole rings is 2. The zero-order valence-electron chi connectivity index (χ0n) is 29.0. The fraction of sp³-hybridized carbons (Fsp3) is 0.333. The minimum Gasteiger partial charge on any atom is -0.444 e. The number of hydrogen-bond acceptors (Lipinski definition) is 14. The number of aromatic nitrogens is 4. The monoisotopic (exact) mass is 738 g/mol. The summed E-state index contributed by atoms with van der Waals surface area (Å²) in [5.41, 5.74) is 3.64. The van der Waals surface area contributed by atoms with Crippen LogP contribution < -0.4 is 26.2 Å². The molecule has 17 nitrogen and oxygen atoms in total. The lowest BCUT2D eigenvalue weighted by Gasteiger charge is -2.29. The van der Waals surface area contributed by atoms with Crippen molar-refractivity contribution >= 4 is 52.4 Å². The number of carbonyl (C=O) groups excluding carboxylic acids is 4. The zero-order chi connectivity index (χ0) is 37.5. The number of benzene rings is 1. The summed E-state index contributed by atoms with van der Waals surface area (Å²) in [5.74, 6) is -1.72. The van der Waals surface area contributed by atoms with Gasteiger partial charge in [-0.05, 0) is 49.6 Å². The largest absolute Gasteiger partial charge is 0.444 e. The van der Waals surface area contributed by atoms with E-state index in [2.05, 4.69) is 41.2 Å². The summed E-state index contributed by atoms with van der Waals surface area (Å²) in [6.07, 6.45) is 3.26. The molecule has 1 aromatic carbocycles. The Labute approximate surface area is 306 Å². The van der Waals surface area contributed by atoms with Crippen LogP contribution in [0.2, 0.25) is 0 Å². The lowest BCUT2D eigenvalue weighted by molar-refractivity contribution is -0.136. The molecule has 54 heavy (non-hydrogen) atoms. The van der Waals surface area contributed by atoms with Gasteiger partial charge < -0.3 is 39.7 Å². The second-order valence-corrected chi connectivity index (χ2v) is 13.4. The number of aliphatic hydroxyl groups excluding tert-OH is 1. The quantitative estimate of drug-likeness (QED) is 0.0971. The molecule has 0 radical (unpaired) electrons. The first-order chi connectivity index (χ1) is 26.1. The van der Waals surface area contributed by atoms with Crippen LogP contribution in [0.5, 0.6) is 0 Å². The van der Waals surface area contributed by atoms with Crippen LogP contribution in [0, 0.1) is 12.7 Å². The number of nitrogens with zero attached hydrogens (tertiary/aromatic N) is 6. The first-order valence-corrected chi connectivity index (χ1v) is 17.4. The minimum atomic E-state index is -0.777. The van der Waals surface area contributed by atoms with Crippen LogP contribution in [0.25, 0.3) is 22.7 Å². The van der Waals surface area contributed by atoms with Gasteiger partial charge in [0.1, 0.15) is 18.1 Å². The van der Waals surface area contributed by atoms with E-state index in [0.29, 0.717) is 66.4 Å². The van der Waals surface area contributed by atoms with Crippen molar-refractivity contribution in [1.82, 2.24) is 35.5 Å². The minimum absolute atomic E-state index is 0.0573.